The van der Waals surface area contributed by atoms with Crippen molar-refractivity contribution in [2.24, 2.45) is 5.92 Å². The highest BCUT2D eigenvalue weighted by atomic mass is 32.1. The van der Waals surface area contributed by atoms with Crippen LogP contribution in [0, 0.1) is 5.92 Å². The third-order valence-electron chi connectivity index (χ3n) is 4.25. The molecule has 0 saturated carbocycles. The maximum atomic E-state index is 10.8. The largest absolute Gasteiger partial charge is 0.481 e. The topological polar surface area (TPSA) is 53.4 Å². The minimum atomic E-state index is -0.646. The Morgan fingerprint density at radius 3 is 2.72 bits per heavy atom. The Labute approximate surface area is 111 Å². The second-order valence-electron chi connectivity index (χ2n) is 5.42. The number of carbonyl (C=O) groups is 1. The summed E-state index contributed by atoms with van der Waals surface area (Å²) in [5, 5.41) is 12.1. The average molecular weight is 266 g/mol. The lowest BCUT2D eigenvalue weighted by Gasteiger charge is -2.38. The van der Waals surface area contributed by atoms with Gasteiger partial charge in [0.05, 0.1) is 6.54 Å². The molecule has 2 aliphatic heterocycles. The van der Waals surface area contributed by atoms with E-state index in [2.05, 4.69) is 9.88 Å². The first-order valence-electron chi connectivity index (χ1n) is 6.58. The van der Waals surface area contributed by atoms with Crippen molar-refractivity contribution in [3.63, 3.8) is 0 Å². The van der Waals surface area contributed by atoms with Crippen LogP contribution in [0.25, 0.3) is 0 Å². The molecule has 1 aromatic rings. The van der Waals surface area contributed by atoms with Gasteiger partial charge in [0.25, 0.3) is 0 Å². The highest BCUT2D eigenvalue weighted by Crippen LogP contribution is 2.40. The molecule has 2 fully saturated rings. The zero-order valence-electron chi connectivity index (χ0n) is 10.3. The maximum Gasteiger partial charge on any atom is 0.303 e. The Morgan fingerprint density at radius 2 is 2.17 bits per heavy atom. The third kappa shape index (κ3) is 2.42. The Bertz CT molecular complexity index is 407. The van der Waals surface area contributed by atoms with Crippen molar-refractivity contribution in [1.82, 2.24) is 9.88 Å². The van der Waals surface area contributed by atoms with Gasteiger partial charge in [-0.05, 0) is 31.6 Å². The van der Waals surface area contributed by atoms with Gasteiger partial charge in [-0.15, -0.1) is 11.3 Å². The van der Waals surface area contributed by atoms with E-state index in [0.717, 1.165) is 19.4 Å². The van der Waals surface area contributed by atoms with Crippen LogP contribution in [0.1, 0.15) is 37.1 Å². The molecule has 3 heterocycles. The Hall–Kier alpha value is -0.940. The number of fused-ring (bicyclic) bond motifs is 2. The summed E-state index contributed by atoms with van der Waals surface area (Å²) in [5.74, 6) is -0.264. The van der Waals surface area contributed by atoms with E-state index in [9.17, 15) is 4.79 Å². The minimum absolute atomic E-state index is 0.345. The quantitative estimate of drug-likeness (QED) is 0.909. The molecule has 1 N–H and O–H groups in total. The number of thiazole rings is 1. The van der Waals surface area contributed by atoms with Crippen molar-refractivity contribution in [3.8, 4) is 0 Å². The summed E-state index contributed by atoms with van der Waals surface area (Å²) < 4.78 is 0. The standard InChI is InChI=1S/C13H18N2O2S/c16-13(17)7-9-5-10-1-2-11(6-9)15(10)8-12-14-3-4-18-12/h3-4,9-11H,1-2,5-8H2,(H,16,17). The predicted molar refractivity (Wildman–Crippen MR) is 69.4 cm³/mol. The second kappa shape index (κ2) is 4.97. The molecule has 0 amide bonds. The van der Waals surface area contributed by atoms with E-state index in [1.807, 2.05) is 11.6 Å². The molecule has 2 saturated heterocycles. The zero-order valence-corrected chi connectivity index (χ0v) is 11.1. The number of carboxylic acid groups (broad SMARTS) is 1. The molecule has 3 rings (SSSR count). The Morgan fingerprint density at radius 1 is 1.44 bits per heavy atom. The predicted octanol–water partition coefficient (Wildman–Crippen LogP) is 2.36. The van der Waals surface area contributed by atoms with Crippen molar-refractivity contribution in [3.05, 3.63) is 16.6 Å². The zero-order chi connectivity index (χ0) is 12.5. The van der Waals surface area contributed by atoms with E-state index in [1.54, 1.807) is 11.3 Å². The lowest BCUT2D eigenvalue weighted by atomic mass is 9.88. The first-order valence-corrected chi connectivity index (χ1v) is 7.46. The molecule has 2 aliphatic rings. The molecule has 0 radical (unpaired) electrons. The minimum Gasteiger partial charge on any atom is -0.481 e. The summed E-state index contributed by atoms with van der Waals surface area (Å²) in [4.78, 5) is 17.7. The molecule has 0 aliphatic carbocycles. The lowest BCUT2D eigenvalue weighted by Crippen LogP contribution is -2.42. The molecule has 18 heavy (non-hydrogen) atoms. The van der Waals surface area contributed by atoms with Gasteiger partial charge >= 0.3 is 5.97 Å². The van der Waals surface area contributed by atoms with Crippen LogP contribution in [0.2, 0.25) is 0 Å². The van der Waals surface area contributed by atoms with Crippen molar-refractivity contribution >= 4 is 17.3 Å². The van der Waals surface area contributed by atoms with Crippen LogP contribution in [0.5, 0.6) is 0 Å². The maximum absolute atomic E-state index is 10.8. The average Bonchev–Trinajstić information content (AvgIpc) is 2.88. The van der Waals surface area contributed by atoms with Gasteiger partial charge in [-0.2, -0.15) is 0 Å². The molecule has 4 nitrogen and oxygen atoms in total. The first-order chi connectivity index (χ1) is 8.72. The van der Waals surface area contributed by atoms with Gasteiger partial charge in [-0.3, -0.25) is 9.69 Å². The molecular weight excluding hydrogens is 248 g/mol. The number of carboxylic acids is 1. The highest BCUT2D eigenvalue weighted by Gasteiger charge is 2.41. The van der Waals surface area contributed by atoms with Gasteiger partial charge in [-0.1, -0.05) is 0 Å². The second-order valence-corrected chi connectivity index (χ2v) is 6.40. The van der Waals surface area contributed by atoms with Gasteiger partial charge in [0.2, 0.25) is 0 Å². The summed E-state index contributed by atoms with van der Waals surface area (Å²) in [6, 6.07) is 1.16. The number of hydrogen-bond donors (Lipinski definition) is 1. The number of aliphatic carboxylic acids is 1. The fraction of sp³-hybridized carbons (Fsp3) is 0.692. The first kappa shape index (κ1) is 12.1. The number of piperidine rings is 1. The summed E-state index contributed by atoms with van der Waals surface area (Å²) in [7, 11) is 0. The Kier molecular flexibility index (Phi) is 3.35. The van der Waals surface area contributed by atoms with Gasteiger partial charge < -0.3 is 5.11 Å². The van der Waals surface area contributed by atoms with Crippen LogP contribution in [-0.4, -0.2) is 33.0 Å². The normalized spacial score (nSPS) is 31.7. The molecule has 0 spiro atoms. The monoisotopic (exact) mass is 266 g/mol. The van der Waals surface area contributed by atoms with E-state index in [4.69, 9.17) is 5.11 Å². The summed E-state index contributed by atoms with van der Waals surface area (Å²) >= 11 is 1.71. The van der Waals surface area contributed by atoms with E-state index < -0.39 is 5.97 Å². The molecule has 1 aromatic heterocycles. The van der Waals surface area contributed by atoms with E-state index in [1.165, 1.54) is 17.8 Å². The van der Waals surface area contributed by atoms with Crippen LogP contribution in [0.15, 0.2) is 11.6 Å². The van der Waals surface area contributed by atoms with E-state index in [-0.39, 0.29) is 0 Å². The lowest BCUT2D eigenvalue weighted by molar-refractivity contribution is -0.138. The molecule has 5 heteroatoms. The van der Waals surface area contributed by atoms with E-state index in [0.29, 0.717) is 24.4 Å². The number of rotatable bonds is 4. The summed E-state index contributed by atoms with van der Waals surface area (Å²) in [6.07, 6.45) is 6.76. The van der Waals surface area contributed by atoms with Gasteiger partial charge in [0.15, 0.2) is 0 Å². The fourth-order valence-electron chi connectivity index (χ4n) is 3.55. The SMILES string of the molecule is O=C(O)CC1CC2CCC(C1)N2Cc1nccs1. The molecule has 98 valence electrons. The molecule has 2 atom stereocenters. The molecule has 0 aromatic carbocycles. The van der Waals surface area contributed by atoms with Crippen LogP contribution in [-0.2, 0) is 11.3 Å². The summed E-state index contributed by atoms with van der Waals surface area (Å²) in [6.45, 7) is 0.951. The summed E-state index contributed by atoms with van der Waals surface area (Å²) in [5.41, 5.74) is 0. The van der Waals surface area contributed by atoms with Crippen molar-refractivity contribution in [2.75, 3.05) is 0 Å². The van der Waals surface area contributed by atoms with E-state index >= 15 is 0 Å². The number of nitrogens with zero attached hydrogens (tertiary/aromatic N) is 2. The molecule has 2 unspecified atom stereocenters. The fourth-order valence-corrected chi connectivity index (χ4v) is 4.17. The third-order valence-corrected chi connectivity index (χ3v) is 5.01. The van der Waals surface area contributed by atoms with Crippen LogP contribution in [0.3, 0.4) is 0 Å². The Balaban J connectivity index is 1.64. The molecule has 2 bridgehead atoms. The smallest absolute Gasteiger partial charge is 0.303 e. The van der Waals surface area contributed by atoms with Gasteiger partial charge in [0, 0.05) is 30.1 Å². The number of aromatic nitrogens is 1. The van der Waals surface area contributed by atoms with Crippen molar-refractivity contribution < 1.29 is 9.90 Å². The van der Waals surface area contributed by atoms with Crippen LogP contribution >= 0.6 is 11.3 Å². The van der Waals surface area contributed by atoms with Gasteiger partial charge in [-0.25, -0.2) is 4.98 Å². The number of hydrogen-bond acceptors (Lipinski definition) is 4. The van der Waals surface area contributed by atoms with Gasteiger partial charge in [0.1, 0.15) is 5.01 Å². The van der Waals surface area contributed by atoms with Crippen molar-refractivity contribution in [1.29, 1.82) is 0 Å². The highest BCUT2D eigenvalue weighted by molar-refractivity contribution is 7.09. The van der Waals surface area contributed by atoms with Crippen LogP contribution in [0.4, 0.5) is 0 Å². The molecular formula is C13H18N2O2S. The van der Waals surface area contributed by atoms with Crippen molar-refractivity contribution in [2.45, 2.75) is 50.7 Å². The van der Waals surface area contributed by atoms with Crippen LogP contribution < -0.4 is 0 Å².